The number of anilines is 1. The monoisotopic (exact) mass is 628 g/mol. The molecule has 7 nitrogen and oxygen atoms in total. The molecule has 0 bridgehead atoms. The number of benzene rings is 3. The lowest BCUT2D eigenvalue weighted by atomic mass is 9.96. The minimum Gasteiger partial charge on any atom is -0.496 e. The summed E-state index contributed by atoms with van der Waals surface area (Å²) in [6.07, 6.45) is 9.50. The number of aliphatic imine (C=N–C) groups is 1. The van der Waals surface area contributed by atoms with Crippen molar-refractivity contribution in [2.75, 3.05) is 38.0 Å². The van der Waals surface area contributed by atoms with E-state index in [9.17, 15) is 9.00 Å². The van der Waals surface area contributed by atoms with Crippen molar-refractivity contribution in [2.24, 2.45) is 10.9 Å². The van der Waals surface area contributed by atoms with Crippen LogP contribution in [0.25, 0.3) is 17.2 Å². The first-order valence-corrected chi connectivity index (χ1v) is 16.9. The molecule has 1 heterocycles. The zero-order valence-electron chi connectivity index (χ0n) is 26.7. The molecule has 3 aromatic rings. The molecule has 0 radical (unpaired) electrons. The molecule has 8 heteroatoms. The van der Waals surface area contributed by atoms with E-state index < -0.39 is 10.8 Å². The zero-order chi connectivity index (χ0) is 32.0. The minimum absolute atomic E-state index is 0.275. The molecule has 1 amide bonds. The van der Waals surface area contributed by atoms with Crippen molar-refractivity contribution in [1.29, 1.82) is 0 Å². The van der Waals surface area contributed by atoms with E-state index >= 15 is 0 Å². The standard InChI is InChI=1S/C37H44N2O5S/c1-5-7-8-31-25-38-27(3)35(31)26-45(41)34-17-13-32(14-18-34)39-37(40)20-12-30-24-29(11-19-36(30)42-4)28-9-15-33(16-10-28)44-23-22-43-21-6-2/h9-20,24-25,31H,5-8,21-23,26H2,1-4H3,(H,39,40)/b20-12+/t31?,45-/m0/s1. The Morgan fingerprint density at radius 2 is 1.71 bits per heavy atom. The quantitative estimate of drug-likeness (QED) is 0.121. The Morgan fingerprint density at radius 1 is 0.956 bits per heavy atom. The fraction of sp³-hybridized carbons (Fsp3) is 0.351. The molecular formula is C37H44N2O5S. The van der Waals surface area contributed by atoms with Gasteiger partial charge in [-0.05, 0) is 91.1 Å². The highest BCUT2D eigenvalue weighted by atomic mass is 32.2. The van der Waals surface area contributed by atoms with Crippen LogP contribution in [-0.4, -0.2) is 49.0 Å². The van der Waals surface area contributed by atoms with Crippen LogP contribution in [-0.2, 0) is 20.3 Å². The van der Waals surface area contributed by atoms with Gasteiger partial charge in [-0.1, -0.05) is 44.9 Å². The summed E-state index contributed by atoms with van der Waals surface area (Å²) in [6, 6.07) is 20.9. The zero-order valence-corrected chi connectivity index (χ0v) is 27.5. The molecule has 45 heavy (non-hydrogen) atoms. The fourth-order valence-electron chi connectivity index (χ4n) is 5.04. The highest BCUT2D eigenvalue weighted by Crippen LogP contribution is 2.30. The summed E-state index contributed by atoms with van der Waals surface area (Å²) >= 11 is 0. The van der Waals surface area contributed by atoms with Crippen LogP contribution in [0.2, 0.25) is 0 Å². The van der Waals surface area contributed by atoms with E-state index in [1.165, 1.54) is 11.6 Å². The van der Waals surface area contributed by atoms with E-state index in [1.807, 2.05) is 67.7 Å². The second-order valence-electron chi connectivity index (χ2n) is 10.9. The second-order valence-corrected chi connectivity index (χ2v) is 12.4. The van der Waals surface area contributed by atoms with Gasteiger partial charge in [0.25, 0.3) is 0 Å². The van der Waals surface area contributed by atoms with Gasteiger partial charge < -0.3 is 19.5 Å². The Hall–Kier alpha value is -4.01. The lowest BCUT2D eigenvalue weighted by Gasteiger charge is -2.13. The average Bonchev–Trinajstić information content (AvgIpc) is 3.41. The maximum atomic E-state index is 13.1. The van der Waals surface area contributed by atoms with Gasteiger partial charge in [0.1, 0.15) is 18.1 Å². The van der Waals surface area contributed by atoms with Crippen LogP contribution in [0.15, 0.2) is 94.0 Å². The summed E-state index contributed by atoms with van der Waals surface area (Å²) in [5.74, 6) is 1.93. The van der Waals surface area contributed by atoms with Crippen LogP contribution in [0.3, 0.4) is 0 Å². The van der Waals surface area contributed by atoms with Crippen LogP contribution in [0, 0.1) is 5.92 Å². The Morgan fingerprint density at radius 3 is 2.42 bits per heavy atom. The topological polar surface area (TPSA) is 86.2 Å². The van der Waals surface area contributed by atoms with Crippen LogP contribution in [0.5, 0.6) is 11.5 Å². The van der Waals surface area contributed by atoms with Crippen molar-refractivity contribution in [3.63, 3.8) is 0 Å². The van der Waals surface area contributed by atoms with Gasteiger partial charge in [-0.15, -0.1) is 0 Å². The molecule has 1 N–H and O–H groups in total. The van der Waals surface area contributed by atoms with E-state index in [-0.39, 0.29) is 11.8 Å². The van der Waals surface area contributed by atoms with Gasteiger partial charge >= 0.3 is 0 Å². The first-order chi connectivity index (χ1) is 21.9. The summed E-state index contributed by atoms with van der Waals surface area (Å²) in [5, 5.41) is 2.89. The first-order valence-electron chi connectivity index (χ1n) is 15.6. The van der Waals surface area contributed by atoms with Crippen molar-refractivity contribution in [2.45, 2.75) is 51.3 Å². The van der Waals surface area contributed by atoms with E-state index in [0.29, 0.717) is 30.4 Å². The number of unbranched alkanes of at least 4 members (excludes halogenated alkanes) is 1. The highest BCUT2D eigenvalue weighted by molar-refractivity contribution is 7.85. The fourth-order valence-corrected chi connectivity index (χ4v) is 6.36. The molecule has 0 aliphatic carbocycles. The Labute approximate surface area is 269 Å². The van der Waals surface area contributed by atoms with Gasteiger partial charge in [0.05, 0.1) is 30.3 Å². The second kappa shape index (κ2) is 17.5. The first kappa shape index (κ1) is 33.9. The van der Waals surface area contributed by atoms with Crippen molar-refractivity contribution in [3.05, 3.63) is 89.6 Å². The van der Waals surface area contributed by atoms with E-state index in [2.05, 4.69) is 24.2 Å². The molecule has 1 unspecified atom stereocenters. The Kier molecular flexibility index (Phi) is 13.2. The highest BCUT2D eigenvalue weighted by Gasteiger charge is 2.22. The molecular weight excluding hydrogens is 584 g/mol. The molecule has 4 rings (SSSR count). The van der Waals surface area contributed by atoms with Crippen LogP contribution in [0.1, 0.15) is 52.0 Å². The number of ether oxygens (including phenoxy) is 3. The number of nitrogens with zero attached hydrogens (tertiary/aromatic N) is 1. The average molecular weight is 629 g/mol. The van der Waals surface area contributed by atoms with Gasteiger partial charge in [-0.2, -0.15) is 0 Å². The number of carbonyl (C=O) groups is 1. The smallest absolute Gasteiger partial charge is 0.248 e. The molecule has 1 aliphatic rings. The predicted molar refractivity (Wildman–Crippen MR) is 185 cm³/mol. The number of amides is 1. The van der Waals surface area contributed by atoms with Crippen LogP contribution < -0.4 is 14.8 Å². The van der Waals surface area contributed by atoms with Gasteiger partial charge in [0.15, 0.2) is 0 Å². The lowest BCUT2D eigenvalue weighted by molar-refractivity contribution is -0.111. The van der Waals surface area contributed by atoms with E-state index in [4.69, 9.17) is 14.2 Å². The Balaban J connectivity index is 1.34. The van der Waals surface area contributed by atoms with Crippen LogP contribution >= 0.6 is 0 Å². The summed E-state index contributed by atoms with van der Waals surface area (Å²) in [7, 11) is 0.422. The number of hydrogen-bond donors (Lipinski definition) is 1. The van der Waals surface area contributed by atoms with E-state index in [1.54, 1.807) is 25.3 Å². The number of nitrogens with one attached hydrogen (secondary N) is 1. The van der Waals surface area contributed by atoms with Crippen molar-refractivity contribution in [3.8, 4) is 22.6 Å². The number of hydrogen-bond acceptors (Lipinski definition) is 6. The number of rotatable bonds is 17. The third kappa shape index (κ3) is 9.99. The third-order valence-corrected chi connectivity index (χ3v) is 8.95. The molecule has 3 aromatic carbocycles. The van der Waals surface area contributed by atoms with Gasteiger partial charge in [0, 0.05) is 46.7 Å². The van der Waals surface area contributed by atoms with Gasteiger partial charge in [-0.3, -0.25) is 14.0 Å². The summed E-state index contributed by atoms with van der Waals surface area (Å²) in [5.41, 5.74) is 5.57. The normalized spacial score (nSPS) is 15.1. The minimum atomic E-state index is -1.19. The molecule has 0 saturated heterocycles. The third-order valence-electron chi connectivity index (χ3n) is 7.58. The molecule has 238 valence electrons. The predicted octanol–water partition coefficient (Wildman–Crippen LogP) is 8.09. The number of carbonyl (C=O) groups excluding carboxylic acids is 1. The molecule has 2 atom stereocenters. The van der Waals surface area contributed by atoms with Crippen molar-refractivity contribution < 1.29 is 23.2 Å². The molecule has 0 saturated carbocycles. The van der Waals surface area contributed by atoms with Gasteiger partial charge in [-0.25, -0.2) is 0 Å². The molecule has 1 aliphatic heterocycles. The van der Waals surface area contributed by atoms with Crippen LogP contribution in [0.4, 0.5) is 5.69 Å². The molecule has 0 aromatic heterocycles. The lowest BCUT2D eigenvalue weighted by Crippen LogP contribution is -2.11. The Bertz CT molecular complexity index is 1530. The van der Waals surface area contributed by atoms with Crippen molar-refractivity contribution in [1.82, 2.24) is 0 Å². The molecule has 0 fully saturated rings. The van der Waals surface area contributed by atoms with Crippen molar-refractivity contribution >= 4 is 34.7 Å². The number of allylic oxidation sites excluding steroid dienone is 1. The summed E-state index contributed by atoms with van der Waals surface area (Å²) in [6.45, 7) is 8.07. The summed E-state index contributed by atoms with van der Waals surface area (Å²) in [4.78, 5) is 18.0. The summed E-state index contributed by atoms with van der Waals surface area (Å²) < 4.78 is 29.9. The maximum Gasteiger partial charge on any atom is 0.248 e. The van der Waals surface area contributed by atoms with Gasteiger partial charge in [0.2, 0.25) is 5.91 Å². The SMILES string of the molecule is CCCCC1C=NC(C)=C1C[S@](=O)c1ccc(NC(=O)/C=C/c2cc(-c3ccc(OCCOCCC)cc3)ccc2OC)cc1. The maximum absolute atomic E-state index is 13.1. The number of methoxy groups -OCH3 is 1. The molecule has 0 spiro atoms. The van der Waals surface area contributed by atoms with E-state index in [0.717, 1.165) is 65.3 Å². The largest absolute Gasteiger partial charge is 0.496 e.